The molecular formula is C25H20F2N8O. The Hall–Kier alpha value is -4.67. The Morgan fingerprint density at radius 1 is 1.03 bits per heavy atom. The molecule has 5 aromatic rings. The second-order valence-corrected chi connectivity index (χ2v) is 8.67. The average molecular weight is 486 g/mol. The molecule has 1 aliphatic rings. The molecule has 180 valence electrons. The lowest BCUT2D eigenvalue weighted by Gasteiger charge is -2.38. The second-order valence-electron chi connectivity index (χ2n) is 8.67. The van der Waals surface area contributed by atoms with Crippen LogP contribution in [0.15, 0.2) is 67.1 Å². The molecule has 0 aliphatic carbocycles. The number of anilines is 2. The Morgan fingerprint density at radius 2 is 1.81 bits per heavy atom. The Labute approximate surface area is 203 Å². The average Bonchev–Trinajstić information content (AvgIpc) is 3.51. The number of hydrogen-bond donors (Lipinski definition) is 2. The molecule has 2 N–H and O–H groups in total. The molecule has 0 unspecified atom stereocenters. The van der Waals surface area contributed by atoms with E-state index in [-0.39, 0.29) is 5.82 Å². The maximum Gasteiger partial charge on any atom is 0.290 e. The van der Waals surface area contributed by atoms with Crippen molar-refractivity contribution in [2.75, 3.05) is 18.4 Å². The summed E-state index contributed by atoms with van der Waals surface area (Å²) in [4.78, 5) is 27.1. The summed E-state index contributed by atoms with van der Waals surface area (Å²) in [5.41, 5.74) is 4.92. The molecule has 0 atom stereocenters. The fraction of sp³-hybridized carbons (Fsp3) is 0.160. The third-order valence-electron chi connectivity index (χ3n) is 6.11. The van der Waals surface area contributed by atoms with Crippen LogP contribution >= 0.6 is 0 Å². The molecule has 36 heavy (non-hydrogen) atoms. The molecule has 11 heteroatoms. The van der Waals surface area contributed by atoms with Crippen LogP contribution < -0.4 is 5.32 Å². The SMILES string of the molecule is Cn1c(C(=O)N2CC(F)(F)C2)nc2ccc(-c3nccc(Nc4ccc(-c5cn[nH]c5)cc4)n3)cc21. The monoisotopic (exact) mass is 486 g/mol. The van der Waals surface area contributed by atoms with E-state index in [1.54, 1.807) is 36.1 Å². The van der Waals surface area contributed by atoms with E-state index in [1.807, 2.05) is 42.6 Å². The number of likely N-dealkylation sites (tertiary alicyclic amines) is 1. The molecule has 1 fully saturated rings. The van der Waals surface area contributed by atoms with Crippen LogP contribution in [0.3, 0.4) is 0 Å². The van der Waals surface area contributed by atoms with Crippen LogP contribution in [0.4, 0.5) is 20.3 Å². The lowest BCUT2D eigenvalue weighted by molar-refractivity contribution is -0.113. The highest BCUT2D eigenvalue weighted by Gasteiger charge is 2.47. The number of aromatic amines is 1. The smallest absolute Gasteiger partial charge is 0.290 e. The van der Waals surface area contributed by atoms with Crippen LogP contribution in [0.5, 0.6) is 0 Å². The largest absolute Gasteiger partial charge is 0.340 e. The van der Waals surface area contributed by atoms with Crippen molar-refractivity contribution in [3.8, 4) is 22.5 Å². The van der Waals surface area contributed by atoms with E-state index in [4.69, 9.17) is 0 Å². The van der Waals surface area contributed by atoms with Crippen molar-refractivity contribution in [3.05, 3.63) is 72.9 Å². The minimum Gasteiger partial charge on any atom is -0.340 e. The van der Waals surface area contributed by atoms with Crippen LogP contribution in [-0.2, 0) is 7.05 Å². The highest BCUT2D eigenvalue weighted by molar-refractivity contribution is 5.96. The van der Waals surface area contributed by atoms with Crippen molar-refractivity contribution < 1.29 is 13.6 Å². The van der Waals surface area contributed by atoms with Crippen molar-refractivity contribution in [2.24, 2.45) is 7.05 Å². The predicted molar refractivity (Wildman–Crippen MR) is 130 cm³/mol. The number of hydrogen-bond acceptors (Lipinski definition) is 6. The van der Waals surface area contributed by atoms with Crippen LogP contribution in [0.2, 0.25) is 0 Å². The number of halogens is 2. The summed E-state index contributed by atoms with van der Waals surface area (Å²) in [6, 6.07) is 15.1. The predicted octanol–water partition coefficient (Wildman–Crippen LogP) is 4.26. The van der Waals surface area contributed by atoms with Crippen molar-refractivity contribution in [3.63, 3.8) is 0 Å². The van der Waals surface area contributed by atoms with Gasteiger partial charge in [-0.1, -0.05) is 12.1 Å². The number of imidazole rings is 1. The minimum absolute atomic E-state index is 0.118. The third kappa shape index (κ3) is 3.94. The fourth-order valence-corrected chi connectivity index (χ4v) is 4.19. The van der Waals surface area contributed by atoms with Gasteiger partial charge in [0, 0.05) is 36.3 Å². The summed E-state index contributed by atoms with van der Waals surface area (Å²) in [6.45, 7) is -1.17. The van der Waals surface area contributed by atoms with Gasteiger partial charge in [-0.3, -0.25) is 9.89 Å². The molecule has 0 radical (unpaired) electrons. The van der Waals surface area contributed by atoms with Crippen LogP contribution in [-0.4, -0.2) is 59.5 Å². The molecule has 1 saturated heterocycles. The zero-order valence-electron chi connectivity index (χ0n) is 19.1. The first-order chi connectivity index (χ1) is 17.4. The van der Waals surface area contributed by atoms with Gasteiger partial charge < -0.3 is 14.8 Å². The number of carbonyl (C=O) groups excluding carboxylic acids is 1. The van der Waals surface area contributed by atoms with Crippen LogP contribution in [0, 0.1) is 0 Å². The van der Waals surface area contributed by atoms with E-state index in [9.17, 15) is 13.6 Å². The molecule has 4 heterocycles. The Balaban J connectivity index is 1.24. The first kappa shape index (κ1) is 21.8. The van der Waals surface area contributed by atoms with E-state index < -0.39 is 24.9 Å². The molecule has 1 aliphatic heterocycles. The van der Waals surface area contributed by atoms with Crippen LogP contribution in [0.25, 0.3) is 33.5 Å². The van der Waals surface area contributed by atoms with Crippen molar-refractivity contribution in [1.82, 2.24) is 34.6 Å². The number of aryl methyl sites for hydroxylation is 1. The van der Waals surface area contributed by atoms with Gasteiger partial charge in [0.15, 0.2) is 11.6 Å². The lowest BCUT2D eigenvalue weighted by Crippen LogP contribution is -2.58. The Morgan fingerprint density at radius 3 is 2.53 bits per heavy atom. The third-order valence-corrected chi connectivity index (χ3v) is 6.11. The number of aromatic nitrogens is 6. The molecule has 0 saturated carbocycles. The number of carbonyl (C=O) groups is 1. The van der Waals surface area contributed by atoms with Gasteiger partial charge in [-0.15, -0.1) is 0 Å². The molecule has 6 rings (SSSR count). The summed E-state index contributed by atoms with van der Waals surface area (Å²) in [6.07, 6.45) is 5.26. The molecule has 3 aromatic heterocycles. The van der Waals surface area contributed by atoms with Crippen molar-refractivity contribution >= 4 is 28.4 Å². The number of nitrogens with zero attached hydrogens (tertiary/aromatic N) is 6. The summed E-state index contributed by atoms with van der Waals surface area (Å²) < 4.78 is 28.0. The van der Waals surface area contributed by atoms with Gasteiger partial charge >= 0.3 is 0 Å². The van der Waals surface area contributed by atoms with Crippen LogP contribution in [0.1, 0.15) is 10.6 Å². The van der Waals surface area contributed by atoms with Crippen molar-refractivity contribution in [2.45, 2.75) is 5.92 Å². The van der Waals surface area contributed by atoms with Gasteiger partial charge in [0.25, 0.3) is 11.8 Å². The number of fused-ring (bicyclic) bond motifs is 1. The highest BCUT2D eigenvalue weighted by atomic mass is 19.3. The van der Waals surface area contributed by atoms with E-state index in [0.717, 1.165) is 27.3 Å². The normalized spacial score (nSPS) is 14.6. The number of amides is 1. The highest BCUT2D eigenvalue weighted by Crippen LogP contribution is 2.29. The van der Waals surface area contributed by atoms with Gasteiger partial charge in [-0.05, 0) is 42.0 Å². The molecular weight excluding hydrogens is 466 g/mol. The number of nitrogens with one attached hydrogen (secondary N) is 2. The number of rotatable bonds is 5. The first-order valence-corrected chi connectivity index (χ1v) is 11.2. The topological polar surface area (TPSA) is 105 Å². The molecule has 2 aromatic carbocycles. The number of alkyl halides is 2. The molecule has 0 bridgehead atoms. The summed E-state index contributed by atoms with van der Waals surface area (Å²) in [7, 11) is 1.69. The standard InChI is InChI=1S/C25H20F2N8O/c1-34-20-10-16(4-7-19(20)32-23(34)24(36)35-13-25(26,27)14-35)22-28-9-8-21(33-22)31-18-5-2-15(3-6-18)17-11-29-30-12-17/h2-12H,13-14H2,1H3,(H,29,30)(H,28,31,33). The zero-order chi connectivity index (χ0) is 24.9. The number of benzene rings is 2. The molecule has 0 spiro atoms. The van der Waals surface area contributed by atoms with Gasteiger partial charge in [0.1, 0.15) is 5.82 Å². The van der Waals surface area contributed by atoms with Gasteiger partial charge in [-0.2, -0.15) is 5.10 Å². The van der Waals surface area contributed by atoms with E-state index in [1.165, 1.54) is 0 Å². The lowest BCUT2D eigenvalue weighted by atomic mass is 10.1. The Kier molecular flexibility index (Phi) is 4.99. The minimum atomic E-state index is -2.83. The molecule has 9 nitrogen and oxygen atoms in total. The number of H-pyrrole nitrogens is 1. The van der Waals surface area contributed by atoms with E-state index in [0.29, 0.717) is 22.7 Å². The van der Waals surface area contributed by atoms with Gasteiger partial charge in [-0.25, -0.2) is 23.7 Å². The zero-order valence-corrected chi connectivity index (χ0v) is 19.1. The summed E-state index contributed by atoms with van der Waals surface area (Å²) in [5, 5.41) is 10.1. The fourth-order valence-electron chi connectivity index (χ4n) is 4.19. The Bertz CT molecular complexity index is 1570. The summed E-state index contributed by atoms with van der Waals surface area (Å²) in [5.74, 6) is -2.11. The second kappa shape index (κ2) is 8.22. The van der Waals surface area contributed by atoms with Gasteiger partial charge in [0.05, 0.1) is 30.3 Å². The van der Waals surface area contributed by atoms with Crippen molar-refractivity contribution in [1.29, 1.82) is 0 Å². The first-order valence-electron chi connectivity index (χ1n) is 11.2. The van der Waals surface area contributed by atoms with E-state index in [2.05, 4.69) is 30.5 Å². The van der Waals surface area contributed by atoms with Gasteiger partial charge in [0.2, 0.25) is 0 Å². The maximum absolute atomic E-state index is 13.2. The molecule has 1 amide bonds. The van der Waals surface area contributed by atoms with E-state index >= 15 is 0 Å². The quantitative estimate of drug-likeness (QED) is 0.385. The summed E-state index contributed by atoms with van der Waals surface area (Å²) >= 11 is 0. The maximum atomic E-state index is 13.2.